The van der Waals surface area contributed by atoms with Gasteiger partial charge in [0.25, 0.3) is 0 Å². The fourth-order valence-electron chi connectivity index (χ4n) is 2.60. The van der Waals surface area contributed by atoms with Crippen molar-refractivity contribution in [2.75, 3.05) is 33.7 Å². The SMILES string of the molecule is CN1CCCN(C)C(C(O)c2cccc(Br)c2F)C1. The van der Waals surface area contributed by atoms with E-state index >= 15 is 0 Å². The number of likely N-dealkylation sites (N-methyl/N-ethyl adjacent to an activating group) is 2. The molecule has 0 saturated carbocycles. The van der Waals surface area contributed by atoms with E-state index < -0.39 is 6.10 Å². The van der Waals surface area contributed by atoms with Crippen LogP contribution in [0.25, 0.3) is 0 Å². The van der Waals surface area contributed by atoms with Crippen molar-refractivity contribution < 1.29 is 9.50 Å². The zero-order valence-corrected chi connectivity index (χ0v) is 12.9. The van der Waals surface area contributed by atoms with E-state index in [0.717, 1.165) is 26.1 Å². The van der Waals surface area contributed by atoms with Crippen LogP contribution in [0.2, 0.25) is 0 Å². The number of aliphatic hydroxyl groups is 1. The van der Waals surface area contributed by atoms with Crippen LogP contribution in [0.3, 0.4) is 0 Å². The molecule has 1 aromatic carbocycles. The normalized spacial score (nSPS) is 24.2. The molecule has 19 heavy (non-hydrogen) atoms. The molecule has 0 amide bonds. The average molecular weight is 331 g/mol. The van der Waals surface area contributed by atoms with Gasteiger partial charge in [0.05, 0.1) is 16.6 Å². The van der Waals surface area contributed by atoms with Crippen molar-refractivity contribution in [3.8, 4) is 0 Å². The number of hydrogen-bond acceptors (Lipinski definition) is 3. The minimum Gasteiger partial charge on any atom is -0.387 e. The maximum Gasteiger partial charge on any atom is 0.143 e. The van der Waals surface area contributed by atoms with E-state index in [-0.39, 0.29) is 11.9 Å². The van der Waals surface area contributed by atoms with Gasteiger partial charge in [-0.2, -0.15) is 0 Å². The highest BCUT2D eigenvalue weighted by Gasteiger charge is 2.30. The van der Waals surface area contributed by atoms with Gasteiger partial charge in [-0.25, -0.2) is 4.39 Å². The topological polar surface area (TPSA) is 26.7 Å². The molecule has 2 unspecified atom stereocenters. The molecule has 1 fully saturated rings. The van der Waals surface area contributed by atoms with E-state index in [1.165, 1.54) is 0 Å². The van der Waals surface area contributed by atoms with Crippen LogP contribution in [-0.2, 0) is 0 Å². The molecular formula is C14H20BrFN2O. The van der Waals surface area contributed by atoms with Gasteiger partial charge in [-0.15, -0.1) is 0 Å². The smallest absolute Gasteiger partial charge is 0.143 e. The summed E-state index contributed by atoms with van der Waals surface area (Å²) in [5.41, 5.74) is 0.363. The summed E-state index contributed by atoms with van der Waals surface area (Å²) in [4.78, 5) is 4.31. The molecule has 3 nitrogen and oxygen atoms in total. The molecule has 1 aromatic rings. The molecule has 1 heterocycles. The van der Waals surface area contributed by atoms with Crippen LogP contribution in [0.1, 0.15) is 18.1 Å². The van der Waals surface area contributed by atoms with Gasteiger partial charge < -0.3 is 10.0 Å². The van der Waals surface area contributed by atoms with Gasteiger partial charge in [0.15, 0.2) is 0 Å². The summed E-state index contributed by atoms with van der Waals surface area (Å²) in [6.07, 6.45) is 0.250. The number of halogens is 2. The highest BCUT2D eigenvalue weighted by Crippen LogP contribution is 2.28. The summed E-state index contributed by atoms with van der Waals surface area (Å²) >= 11 is 3.17. The first kappa shape index (κ1) is 14.9. The van der Waals surface area contributed by atoms with Crippen LogP contribution >= 0.6 is 15.9 Å². The van der Waals surface area contributed by atoms with Crippen LogP contribution in [0.15, 0.2) is 22.7 Å². The van der Waals surface area contributed by atoms with Crippen LogP contribution in [-0.4, -0.2) is 54.7 Å². The summed E-state index contributed by atoms with van der Waals surface area (Å²) in [5, 5.41) is 10.5. The van der Waals surface area contributed by atoms with Crippen LogP contribution < -0.4 is 0 Å². The Labute approximate surface area is 122 Å². The van der Waals surface area contributed by atoms with Crippen LogP contribution in [0.5, 0.6) is 0 Å². The number of benzene rings is 1. The molecule has 1 saturated heterocycles. The molecule has 2 rings (SSSR count). The van der Waals surface area contributed by atoms with Crippen molar-refractivity contribution in [1.82, 2.24) is 9.80 Å². The van der Waals surface area contributed by atoms with E-state index in [2.05, 4.69) is 25.7 Å². The third kappa shape index (κ3) is 3.34. The maximum atomic E-state index is 14.1. The molecule has 5 heteroatoms. The number of hydrogen-bond donors (Lipinski definition) is 1. The Kier molecular flexibility index (Phi) is 4.95. The van der Waals surface area contributed by atoms with Crippen molar-refractivity contribution >= 4 is 15.9 Å². The molecule has 106 valence electrons. The molecule has 0 aliphatic carbocycles. The first-order valence-corrected chi connectivity index (χ1v) is 7.30. The summed E-state index contributed by atoms with van der Waals surface area (Å²) in [6, 6.07) is 4.97. The Hall–Kier alpha value is -0.490. The van der Waals surface area contributed by atoms with Gasteiger partial charge in [-0.1, -0.05) is 12.1 Å². The Morgan fingerprint density at radius 2 is 2.11 bits per heavy atom. The standard InChI is InChI=1S/C14H20BrFN2O/c1-17-7-4-8-18(2)12(9-17)14(19)10-5-3-6-11(15)13(10)16/h3,5-6,12,14,19H,4,7-9H2,1-2H3. The van der Waals surface area contributed by atoms with Gasteiger partial charge in [0.1, 0.15) is 5.82 Å². The van der Waals surface area contributed by atoms with Crippen LogP contribution in [0.4, 0.5) is 4.39 Å². The molecule has 0 spiro atoms. The highest BCUT2D eigenvalue weighted by atomic mass is 79.9. The fraction of sp³-hybridized carbons (Fsp3) is 0.571. The lowest BCUT2D eigenvalue weighted by molar-refractivity contribution is 0.0547. The quantitative estimate of drug-likeness (QED) is 0.901. The van der Waals surface area contributed by atoms with Gasteiger partial charge in [0.2, 0.25) is 0 Å². The molecule has 0 aromatic heterocycles. The average Bonchev–Trinajstić information content (AvgIpc) is 2.54. The minimum atomic E-state index is -0.817. The number of aliphatic hydroxyl groups excluding tert-OH is 1. The zero-order chi connectivity index (χ0) is 14.0. The second-order valence-electron chi connectivity index (χ2n) is 5.25. The van der Waals surface area contributed by atoms with Gasteiger partial charge in [0, 0.05) is 12.1 Å². The predicted octanol–water partition coefficient (Wildman–Crippen LogP) is 2.26. The van der Waals surface area contributed by atoms with E-state index in [4.69, 9.17) is 0 Å². The highest BCUT2D eigenvalue weighted by molar-refractivity contribution is 9.10. The minimum absolute atomic E-state index is 0.0868. The molecule has 1 aliphatic rings. The Morgan fingerprint density at radius 1 is 1.37 bits per heavy atom. The third-order valence-electron chi connectivity index (χ3n) is 3.78. The van der Waals surface area contributed by atoms with Crippen molar-refractivity contribution in [3.63, 3.8) is 0 Å². The van der Waals surface area contributed by atoms with E-state index in [0.29, 0.717) is 10.0 Å². The lowest BCUT2D eigenvalue weighted by Gasteiger charge is -2.32. The molecule has 0 radical (unpaired) electrons. The monoisotopic (exact) mass is 330 g/mol. The van der Waals surface area contributed by atoms with Gasteiger partial charge in [-0.05, 0) is 55.6 Å². The van der Waals surface area contributed by atoms with E-state index in [9.17, 15) is 9.50 Å². The van der Waals surface area contributed by atoms with E-state index in [1.54, 1.807) is 18.2 Å². The lowest BCUT2D eigenvalue weighted by atomic mass is 10.0. The second kappa shape index (κ2) is 6.31. The van der Waals surface area contributed by atoms with Crippen molar-refractivity contribution in [2.45, 2.75) is 18.6 Å². The lowest BCUT2D eigenvalue weighted by Crippen LogP contribution is -2.42. The summed E-state index contributed by atoms with van der Waals surface area (Å²) in [5.74, 6) is -0.365. The Morgan fingerprint density at radius 3 is 2.84 bits per heavy atom. The largest absolute Gasteiger partial charge is 0.387 e. The molecule has 1 N–H and O–H groups in total. The first-order valence-electron chi connectivity index (χ1n) is 6.51. The zero-order valence-electron chi connectivity index (χ0n) is 11.3. The van der Waals surface area contributed by atoms with Crippen molar-refractivity contribution in [1.29, 1.82) is 0 Å². The number of rotatable bonds is 2. The Balaban J connectivity index is 2.26. The van der Waals surface area contributed by atoms with E-state index in [1.807, 2.05) is 14.1 Å². The molecule has 0 bridgehead atoms. The molecule has 1 aliphatic heterocycles. The third-order valence-corrected chi connectivity index (χ3v) is 4.39. The fourth-order valence-corrected chi connectivity index (χ4v) is 2.98. The van der Waals surface area contributed by atoms with Crippen molar-refractivity contribution in [2.24, 2.45) is 0 Å². The summed E-state index contributed by atoms with van der Waals surface area (Å²) < 4.78 is 14.5. The molecule has 2 atom stereocenters. The number of nitrogens with zero attached hydrogens (tertiary/aromatic N) is 2. The van der Waals surface area contributed by atoms with Crippen LogP contribution in [0, 0.1) is 5.82 Å². The van der Waals surface area contributed by atoms with Gasteiger partial charge in [-0.3, -0.25) is 4.90 Å². The molecular weight excluding hydrogens is 311 g/mol. The second-order valence-corrected chi connectivity index (χ2v) is 6.11. The van der Waals surface area contributed by atoms with Gasteiger partial charge >= 0.3 is 0 Å². The van der Waals surface area contributed by atoms with Crippen molar-refractivity contribution in [3.05, 3.63) is 34.1 Å². The Bertz CT molecular complexity index is 443. The summed E-state index contributed by atoms with van der Waals surface area (Å²) in [7, 11) is 4.03. The maximum absolute atomic E-state index is 14.1. The first-order chi connectivity index (χ1) is 9.00. The summed E-state index contributed by atoms with van der Waals surface area (Å²) in [6.45, 7) is 2.67. The predicted molar refractivity (Wildman–Crippen MR) is 77.6 cm³/mol.